The Balaban J connectivity index is 1.30. The average molecular weight is 444 g/mol. The first-order valence-electron chi connectivity index (χ1n) is 10.5. The maximum Gasteiger partial charge on any atom is 0.352 e. The van der Waals surface area contributed by atoms with Gasteiger partial charge in [0.25, 0.3) is 0 Å². The van der Waals surface area contributed by atoms with Crippen LogP contribution in [0.3, 0.4) is 0 Å². The predicted octanol–water partition coefficient (Wildman–Crippen LogP) is 2.79. The maximum atomic E-state index is 14.6. The number of aliphatic imine (C=N–C) groups is 1. The van der Waals surface area contributed by atoms with Crippen molar-refractivity contribution in [3.63, 3.8) is 0 Å². The molecular weight excluding hydrogens is 422 g/mol. The molecule has 0 saturated carbocycles. The van der Waals surface area contributed by atoms with E-state index in [0.717, 1.165) is 18.6 Å². The van der Waals surface area contributed by atoms with Crippen LogP contribution in [0.2, 0.25) is 0 Å². The van der Waals surface area contributed by atoms with Crippen LogP contribution in [0.25, 0.3) is 0 Å². The van der Waals surface area contributed by atoms with E-state index in [1.807, 2.05) is 11.8 Å². The lowest BCUT2D eigenvalue weighted by Gasteiger charge is -2.15. The normalized spacial score (nSPS) is 21.7. The Bertz CT molecular complexity index is 1140. The largest absolute Gasteiger partial charge is 0.473 e. The van der Waals surface area contributed by atoms with Crippen molar-refractivity contribution in [2.45, 2.75) is 45.0 Å². The van der Waals surface area contributed by atoms with Gasteiger partial charge in [-0.05, 0) is 43.5 Å². The molecule has 32 heavy (non-hydrogen) atoms. The minimum absolute atomic E-state index is 0.0869. The van der Waals surface area contributed by atoms with Gasteiger partial charge in [0.2, 0.25) is 5.88 Å². The summed E-state index contributed by atoms with van der Waals surface area (Å²) in [5.74, 6) is -1.14. The minimum Gasteiger partial charge on any atom is -0.473 e. The first-order chi connectivity index (χ1) is 15.5. The zero-order valence-corrected chi connectivity index (χ0v) is 17.5. The summed E-state index contributed by atoms with van der Waals surface area (Å²) in [5, 5.41) is 0. The summed E-state index contributed by atoms with van der Waals surface area (Å²) in [5.41, 5.74) is -0.185. The van der Waals surface area contributed by atoms with Crippen molar-refractivity contribution >= 4 is 12.0 Å². The van der Waals surface area contributed by atoms with E-state index in [4.69, 9.17) is 14.2 Å². The van der Waals surface area contributed by atoms with Crippen LogP contribution < -0.4 is 20.1 Å². The Hall–Kier alpha value is -3.27. The molecule has 0 spiro atoms. The van der Waals surface area contributed by atoms with E-state index in [2.05, 4.69) is 9.98 Å². The van der Waals surface area contributed by atoms with Crippen LogP contribution in [0, 0.1) is 11.6 Å². The summed E-state index contributed by atoms with van der Waals surface area (Å²) >= 11 is 0. The first kappa shape index (κ1) is 20.6. The molecule has 8 nitrogen and oxygen atoms in total. The van der Waals surface area contributed by atoms with E-state index < -0.39 is 23.1 Å². The molecule has 0 amide bonds. The summed E-state index contributed by atoms with van der Waals surface area (Å²) in [6, 6.07) is 4.15. The average Bonchev–Trinajstić information content (AvgIpc) is 3.28. The van der Waals surface area contributed by atoms with Gasteiger partial charge in [-0.2, -0.15) is 4.98 Å². The number of fused-ring (bicyclic) bond motifs is 3. The molecule has 3 aliphatic heterocycles. The predicted molar refractivity (Wildman–Crippen MR) is 112 cm³/mol. The van der Waals surface area contributed by atoms with E-state index in [-0.39, 0.29) is 30.1 Å². The summed E-state index contributed by atoms with van der Waals surface area (Å²) in [4.78, 5) is 22.5. The van der Waals surface area contributed by atoms with Gasteiger partial charge in [0.1, 0.15) is 24.9 Å². The highest BCUT2D eigenvalue weighted by atomic mass is 19.1. The van der Waals surface area contributed by atoms with Crippen molar-refractivity contribution in [3.8, 4) is 11.6 Å². The lowest BCUT2D eigenvalue weighted by atomic mass is 10.2. The molecule has 0 radical (unpaired) electrons. The molecule has 1 fully saturated rings. The maximum absolute atomic E-state index is 14.6. The Morgan fingerprint density at radius 1 is 1.25 bits per heavy atom. The highest BCUT2D eigenvalue weighted by Gasteiger charge is 2.35. The van der Waals surface area contributed by atoms with Gasteiger partial charge >= 0.3 is 5.69 Å². The van der Waals surface area contributed by atoms with Gasteiger partial charge in [0, 0.05) is 12.1 Å². The number of aromatic nitrogens is 2. The fraction of sp³-hybridized carbons (Fsp3) is 0.409. The summed E-state index contributed by atoms with van der Waals surface area (Å²) in [7, 11) is 0. The number of rotatable bonds is 5. The standard InChI is InChI=1S/C22H22F2N4O4/c1-13-3-2-4-16(8-25-13)32-21-17(23)5-14(6-18(21)24)10-31-19-7-20-27(22(29)26-19)9-15-11-30-12-28(15)20/h4-8,13,15H,2-3,9-12H2,1H3/t13?,15-/m0/s1. The lowest BCUT2D eigenvalue weighted by Crippen LogP contribution is -2.26. The Morgan fingerprint density at radius 2 is 2.06 bits per heavy atom. The summed E-state index contributed by atoms with van der Waals surface area (Å²) in [6.07, 6.45) is 4.80. The molecule has 1 aromatic heterocycles. The minimum atomic E-state index is -0.853. The van der Waals surface area contributed by atoms with Gasteiger partial charge in [0.05, 0.1) is 25.4 Å². The van der Waals surface area contributed by atoms with Crippen molar-refractivity contribution in [2.75, 3.05) is 18.2 Å². The molecule has 168 valence electrons. The first-order valence-corrected chi connectivity index (χ1v) is 10.5. The zero-order chi connectivity index (χ0) is 22.2. The Kier molecular flexibility index (Phi) is 5.38. The second-order valence-electron chi connectivity index (χ2n) is 8.06. The van der Waals surface area contributed by atoms with Crippen molar-refractivity contribution in [1.29, 1.82) is 0 Å². The SMILES string of the molecule is CC1CCC=C(Oc2c(F)cc(COc3cc4n(c(=O)n3)C[C@H]3COCN43)cc2F)C=N1. The smallest absolute Gasteiger partial charge is 0.352 e. The molecule has 3 aliphatic rings. The molecule has 0 bridgehead atoms. The molecule has 2 atom stereocenters. The Morgan fingerprint density at radius 3 is 2.88 bits per heavy atom. The molecule has 0 N–H and O–H groups in total. The lowest BCUT2D eigenvalue weighted by molar-refractivity contribution is 0.189. The number of hydrogen-bond acceptors (Lipinski definition) is 7. The number of ether oxygens (including phenoxy) is 3. The van der Waals surface area contributed by atoms with Gasteiger partial charge in [-0.3, -0.25) is 9.56 Å². The number of nitrogens with zero attached hydrogens (tertiary/aromatic N) is 4. The topological polar surface area (TPSA) is 78.2 Å². The van der Waals surface area contributed by atoms with Crippen LogP contribution in [0.4, 0.5) is 14.6 Å². The van der Waals surface area contributed by atoms with Gasteiger partial charge < -0.3 is 19.1 Å². The van der Waals surface area contributed by atoms with Gasteiger partial charge in [-0.15, -0.1) is 0 Å². The molecule has 1 unspecified atom stereocenters. The molecule has 2 aromatic rings. The Labute approximate surface area is 182 Å². The molecule has 1 aromatic carbocycles. The third-order valence-corrected chi connectivity index (χ3v) is 5.69. The van der Waals surface area contributed by atoms with E-state index in [1.54, 1.807) is 16.7 Å². The second kappa shape index (κ2) is 8.34. The molecule has 0 aliphatic carbocycles. The van der Waals surface area contributed by atoms with Crippen molar-refractivity contribution in [2.24, 2.45) is 4.99 Å². The third-order valence-electron chi connectivity index (χ3n) is 5.69. The highest BCUT2D eigenvalue weighted by molar-refractivity contribution is 5.77. The van der Waals surface area contributed by atoms with Gasteiger partial charge in [-0.25, -0.2) is 13.6 Å². The van der Waals surface area contributed by atoms with Crippen LogP contribution in [0.1, 0.15) is 25.3 Å². The monoisotopic (exact) mass is 444 g/mol. The molecular formula is C22H22F2N4O4. The second-order valence-corrected chi connectivity index (χ2v) is 8.06. The van der Waals surface area contributed by atoms with Crippen LogP contribution in [0.5, 0.6) is 11.6 Å². The molecule has 10 heteroatoms. The third kappa shape index (κ3) is 3.97. The van der Waals surface area contributed by atoms with E-state index >= 15 is 0 Å². The van der Waals surface area contributed by atoms with Crippen LogP contribution in [-0.2, 0) is 17.9 Å². The highest BCUT2D eigenvalue weighted by Crippen LogP contribution is 2.30. The zero-order valence-electron chi connectivity index (χ0n) is 17.5. The summed E-state index contributed by atoms with van der Waals surface area (Å²) < 4.78 is 47.1. The van der Waals surface area contributed by atoms with Crippen LogP contribution >= 0.6 is 0 Å². The summed E-state index contributed by atoms with van der Waals surface area (Å²) in [6.45, 7) is 3.26. The number of anilines is 1. The number of halogens is 2. The molecule has 4 heterocycles. The van der Waals surface area contributed by atoms with E-state index in [1.165, 1.54) is 6.21 Å². The number of allylic oxidation sites excluding steroid dienone is 2. The van der Waals surface area contributed by atoms with Crippen molar-refractivity contribution < 1.29 is 23.0 Å². The quantitative estimate of drug-likeness (QED) is 0.706. The molecule has 1 saturated heterocycles. The number of benzene rings is 1. The fourth-order valence-corrected chi connectivity index (χ4v) is 3.99. The van der Waals surface area contributed by atoms with Gasteiger partial charge in [-0.1, -0.05) is 0 Å². The molecule has 5 rings (SSSR count). The van der Waals surface area contributed by atoms with Crippen LogP contribution in [-0.4, -0.2) is 41.2 Å². The fourth-order valence-electron chi connectivity index (χ4n) is 3.99. The van der Waals surface area contributed by atoms with Gasteiger partial charge in [0.15, 0.2) is 17.4 Å². The van der Waals surface area contributed by atoms with Crippen molar-refractivity contribution in [3.05, 3.63) is 57.7 Å². The van der Waals surface area contributed by atoms with Crippen molar-refractivity contribution in [1.82, 2.24) is 9.55 Å². The van der Waals surface area contributed by atoms with Crippen LogP contribution in [0.15, 0.2) is 39.8 Å². The number of hydrogen-bond donors (Lipinski definition) is 0. The van der Waals surface area contributed by atoms with E-state index in [0.29, 0.717) is 37.9 Å². The van der Waals surface area contributed by atoms with E-state index in [9.17, 15) is 13.6 Å².